The molecule has 9 heteroatoms. The predicted molar refractivity (Wildman–Crippen MR) is 120 cm³/mol. The van der Waals surface area contributed by atoms with Crippen LogP contribution in [0.1, 0.15) is 44.1 Å². The van der Waals surface area contributed by atoms with Gasteiger partial charge in [-0.1, -0.05) is 12.5 Å². The van der Waals surface area contributed by atoms with Crippen LogP contribution in [-0.4, -0.2) is 31.3 Å². The predicted octanol–water partition coefficient (Wildman–Crippen LogP) is 3.22. The molecule has 3 atom stereocenters. The van der Waals surface area contributed by atoms with Gasteiger partial charge in [-0.25, -0.2) is 17.9 Å². The van der Waals surface area contributed by atoms with Crippen molar-refractivity contribution in [1.29, 1.82) is 0 Å². The molecule has 2 amide bonds. The van der Waals surface area contributed by atoms with Crippen LogP contribution >= 0.6 is 0 Å². The van der Waals surface area contributed by atoms with Crippen LogP contribution in [-0.2, 0) is 21.4 Å². The van der Waals surface area contributed by atoms with E-state index in [9.17, 15) is 18.0 Å². The summed E-state index contributed by atoms with van der Waals surface area (Å²) in [4.78, 5) is 28.5. The molecule has 0 radical (unpaired) electrons. The molecule has 3 N–H and O–H groups in total. The maximum Gasteiger partial charge on any atom is 0.319 e. The number of nitrogens with one attached hydrogen (secondary N) is 3. The fourth-order valence-corrected chi connectivity index (χ4v) is 6.08. The standard InChI is InChI=1S/C23H28N4O4S/c28-22-8-2-5-19-20(22)6-1-7-21(19)27-32(30,31)18-11-9-17(10-12-18)26-23(29)25-15-16-4-3-13-24-14-16/h3-4,9-14,19-21,27H,1-2,5-8,15H2,(H2,25,26,29). The van der Waals surface area contributed by atoms with Crippen LogP contribution < -0.4 is 15.4 Å². The third-order valence-electron chi connectivity index (χ3n) is 6.34. The van der Waals surface area contributed by atoms with Crippen LogP contribution in [0.3, 0.4) is 0 Å². The Morgan fingerprint density at radius 1 is 1.06 bits per heavy atom. The molecule has 2 aliphatic rings. The van der Waals surface area contributed by atoms with Crippen LogP contribution in [0.15, 0.2) is 53.7 Å². The number of ketones is 1. The summed E-state index contributed by atoms with van der Waals surface area (Å²) in [6, 6.07) is 9.13. The lowest BCUT2D eigenvalue weighted by Gasteiger charge is -2.40. The third-order valence-corrected chi connectivity index (χ3v) is 7.85. The monoisotopic (exact) mass is 456 g/mol. The van der Waals surface area contributed by atoms with Crippen LogP contribution in [0.25, 0.3) is 0 Å². The van der Waals surface area contributed by atoms with Crippen molar-refractivity contribution in [3.63, 3.8) is 0 Å². The van der Waals surface area contributed by atoms with Gasteiger partial charge in [-0.2, -0.15) is 0 Å². The maximum absolute atomic E-state index is 12.9. The van der Waals surface area contributed by atoms with Crippen molar-refractivity contribution in [3.8, 4) is 0 Å². The zero-order valence-corrected chi connectivity index (χ0v) is 18.6. The van der Waals surface area contributed by atoms with Crippen molar-refractivity contribution in [2.24, 2.45) is 11.8 Å². The lowest BCUT2D eigenvalue weighted by Crippen LogP contribution is -2.48. The number of aromatic nitrogens is 1. The zero-order chi connectivity index (χ0) is 22.6. The second kappa shape index (κ2) is 9.79. The summed E-state index contributed by atoms with van der Waals surface area (Å²) in [5.74, 6) is 0.355. The van der Waals surface area contributed by atoms with E-state index < -0.39 is 16.1 Å². The second-order valence-corrected chi connectivity index (χ2v) is 10.2. The number of carbonyl (C=O) groups is 2. The molecule has 3 unspecified atom stereocenters. The van der Waals surface area contributed by atoms with E-state index in [1.807, 2.05) is 6.07 Å². The number of hydrogen-bond acceptors (Lipinski definition) is 5. The molecule has 0 bridgehead atoms. The van der Waals surface area contributed by atoms with E-state index >= 15 is 0 Å². The fraction of sp³-hybridized carbons (Fsp3) is 0.435. The number of sulfonamides is 1. The van der Waals surface area contributed by atoms with Crippen molar-refractivity contribution in [2.45, 2.75) is 56.0 Å². The van der Waals surface area contributed by atoms with Crippen LogP contribution in [0.5, 0.6) is 0 Å². The van der Waals surface area contributed by atoms with Gasteiger partial charge in [-0.05, 0) is 67.5 Å². The lowest BCUT2D eigenvalue weighted by molar-refractivity contribution is -0.128. The Kier molecular flexibility index (Phi) is 6.86. The maximum atomic E-state index is 12.9. The SMILES string of the molecule is O=C(NCc1cccnc1)Nc1ccc(S(=O)(=O)NC2CCCC3C(=O)CCCC23)cc1. The molecule has 2 aromatic rings. The minimum atomic E-state index is -3.72. The molecular weight excluding hydrogens is 428 g/mol. The molecule has 0 spiro atoms. The molecule has 32 heavy (non-hydrogen) atoms. The molecule has 2 saturated carbocycles. The largest absolute Gasteiger partial charge is 0.334 e. The van der Waals surface area contributed by atoms with Crippen molar-refractivity contribution < 1.29 is 18.0 Å². The number of benzene rings is 1. The molecule has 1 heterocycles. The molecule has 0 saturated heterocycles. The molecule has 0 aliphatic heterocycles. The average Bonchev–Trinajstić information content (AvgIpc) is 2.79. The number of urea groups is 1. The number of hydrogen-bond donors (Lipinski definition) is 3. The number of anilines is 1. The molecule has 170 valence electrons. The number of rotatable bonds is 6. The number of carbonyl (C=O) groups excluding carboxylic acids is 2. The topological polar surface area (TPSA) is 117 Å². The summed E-state index contributed by atoms with van der Waals surface area (Å²) in [5, 5.41) is 5.42. The van der Waals surface area contributed by atoms with E-state index in [-0.39, 0.29) is 28.6 Å². The summed E-state index contributed by atoms with van der Waals surface area (Å²) in [6.07, 6.45) is 8.15. The van der Waals surface area contributed by atoms with Crippen molar-refractivity contribution >= 4 is 27.5 Å². The first-order valence-electron chi connectivity index (χ1n) is 11.0. The van der Waals surface area contributed by atoms with E-state index in [1.165, 1.54) is 12.1 Å². The van der Waals surface area contributed by atoms with Crippen LogP contribution in [0.4, 0.5) is 10.5 Å². The summed E-state index contributed by atoms with van der Waals surface area (Å²) in [5.41, 5.74) is 1.36. The summed E-state index contributed by atoms with van der Waals surface area (Å²) in [6.45, 7) is 0.335. The van der Waals surface area contributed by atoms with E-state index in [0.29, 0.717) is 18.7 Å². The smallest absolute Gasteiger partial charge is 0.319 e. The number of fused-ring (bicyclic) bond motifs is 1. The van der Waals surface area contributed by atoms with Crippen LogP contribution in [0, 0.1) is 11.8 Å². The molecule has 2 aliphatic carbocycles. The Balaban J connectivity index is 1.35. The number of nitrogens with zero attached hydrogens (tertiary/aromatic N) is 1. The quantitative estimate of drug-likeness (QED) is 0.617. The normalized spacial score (nSPS) is 23.2. The van der Waals surface area contributed by atoms with Gasteiger partial charge in [0.2, 0.25) is 10.0 Å². The minimum Gasteiger partial charge on any atom is -0.334 e. The average molecular weight is 457 g/mol. The Morgan fingerprint density at radius 3 is 2.62 bits per heavy atom. The highest BCUT2D eigenvalue weighted by Gasteiger charge is 2.40. The molecular formula is C23H28N4O4S. The van der Waals surface area contributed by atoms with Crippen molar-refractivity contribution in [2.75, 3.05) is 5.32 Å². The van der Waals surface area contributed by atoms with E-state index in [1.54, 1.807) is 30.6 Å². The van der Waals surface area contributed by atoms with Gasteiger partial charge in [-0.3, -0.25) is 9.78 Å². The summed E-state index contributed by atoms with van der Waals surface area (Å²) < 4.78 is 28.7. The molecule has 2 fully saturated rings. The van der Waals surface area contributed by atoms with Gasteiger partial charge < -0.3 is 10.6 Å². The first-order valence-corrected chi connectivity index (χ1v) is 12.5. The number of amides is 2. The Morgan fingerprint density at radius 2 is 1.88 bits per heavy atom. The Hall–Kier alpha value is -2.78. The van der Waals surface area contributed by atoms with Crippen molar-refractivity contribution in [1.82, 2.24) is 15.0 Å². The molecule has 1 aromatic carbocycles. The number of Topliss-reactive ketones (excluding diaryl/α,β-unsaturated/α-hetero) is 1. The van der Waals surface area contributed by atoms with Gasteiger partial charge in [0.25, 0.3) is 0 Å². The third kappa shape index (κ3) is 5.34. The highest BCUT2D eigenvalue weighted by molar-refractivity contribution is 7.89. The van der Waals surface area contributed by atoms with Gasteiger partial charge >= 0.3 is 6.03 Å². The molecule has 4 rings (SSSR count). The van der Waals surface area contributed by atoms with Gasteiger partial charge in [0.1, 0.15) is 5.78 Å². The van der Waals surface area contributed by atoms with Gasteiger partial charge in [0.15, 0.2) is 0 Å². The first kappa shape index (κ1) is 22.4. The van der Waals surface area contributed by atoms with E-state index in [0.717, 1.165) is 37.7 Å². The lowest BCUT2D eigenvalue weighted by atomic mass is 9.68. The molecule has 8 nitrogen and oxygen atoms in total. The zero-order valence-electron chi connectivity index (χ0n) is 17.8. The van der Waals surface area contributed by atoms with Gasteiger partial charge in [0.05, 0.1) is 4.90 Å². The van der Waals surface area contributed by atoms with E-state index in [2.05, 4.69) is 20.3 Å². The second-order valence-electron chi connectivity index (χ2n) is 8.48. The molecule has 1 aromatic heterocycles. The Bertz CT molecular complexity index is 1060. The van der Waals surface area contributed by atoms with Crippen molar-refractivity contribution in [3.05, 3.63) is 54.4 Å². The minimum absolute atomic E-state index is 0.0121. The van der Waals surface area contributed by atoms with Crippen LogP contribution in [0.2, 0.25) is 0 Å². The highest BCUT2D eigenvalue weighted by atomic mass is 32.2. The highest BCUT2D eigenvalue weighted by Crippen LogP contribution is 2.39. The Labute approximate surface area is 188 Å². The fourth-order valence-electron chi connectivity index (χ4n) is 4.76. The van der Waals surface area contributed by atoms with Gasteiger partial charge in [-0.15, -0.1) is 0 Å². The first-order chi connectivity index (χ1) is 15.4. The number of pyridine rings is 1. The van der Waals surface area contributed by atoms with Gasteiger partial charge in [0, 0.05) is 43.0 Å². The van der Waals surface area contributed by atoms with E-state index in [4.69, 9.17) is 0 Å². The summed E-state index contributed by atoms with van der Waals surface area (Å²) >= 11 is 0. The summed E-state index contributed by atoms with van der Waals surface area (Å²) in [7, 11) is -3.72.